The van der Waals surface area contributed by atoms with Crippen LogP contribution in [-0.2, 0) is 6.54 Å². The van der Waals surface area contributed by atoms with Crippen LogP contribution in [0, 0.1) is 0 Å². The average Bonchev–Trinajstić information content (AvgIpc) is 3.00. The predicted molar refractivity (Wildman–Crippen MR) is 92.0 cm³/mol. The summed E-state index contributed by atoms with van der Waals surface area (Å²) in [5, 5.41) is 3.36. The highest BCUT2D eigenvalue weighted by Crippen LogP contribution is 2.32. The molecule has 0 saturated carbocycles. The maximum absolute atomic E-state index is 4.78. The number of fused-ring (bicyclic) bond motifs is 1. The van der Waals surface area contributed by atoms with Crippen LogP contribution in [0.2, 0.25) is 0 Å². The third-order valence-corrected chi connectivity index (χ3v) is 5.17. The highest BCUT2D eigenvalue weighted by molar-refractivity contribution is 7.17. The number of nitrogens with zero attached hydrogens (tertiary/aromatic N) is 3. The van der Waals surface area contributed by atoms with E-state index in [0.29, 0.717) is 0 Å². The second-order valence-electron chi connectivity index (χ2n) is 5.86. The summed E-state index contributed by atoms with van der Waals surface area (Å²) in [5.74, 6) is 0.955. The van der Waals surface area contributed by atoms with Crippen molar-refractivity contribution in [1.29, 1.82) is 0 Å². The molecule has 0 spiro atoms. The Balaban J connectivity index is 1.62. The zero-order valence-corrected chi connectivity index (χ0v) is 13.4. The molecule has 0 bridgehead atoms. The fourth-order valence-corrected chi connectivity index (χ4v) is 4.03. The van der Waals surface area contributed by atoms with E-state index >= 15 is 0 Å². The van der Waals surface area contributed by atoms with Crippen LogP contribution in [0.3, 0.4) is 0 Å². The van der Waals surface area contributed by atoms with E-state index in [0.717, 1.165) is 17.2 Å². The van der Waals surface area contributed by atoms with Crippen molar-refractivity contribution in [2.75, 3.05) is 13.1 Å². The van der Waals surface area contributed by atoms with E-state index < -0.39 is 0 Å². The van der Waals surface area contributed by atoms with E-state index in [2.05, 4.69) is 39.5 Å². The molecule has 3 aromatic rings. The molecule has 0 radical (unpaired) electrons. The van der Waals surface area contributed by atoms with Gasteiger partial charge in [0.2, 0.25) is 0 Å². The van der Waals surface area contributed by atoms with Gasteiger partial charge < -0.3 is 0 Å². The minimum atomic E-state index is 0.883. The molecular weight excluding hydrogens is 290 g/mol. The highest BCUT2D eigenvalue weighted by Gasteiger charge is 2.13. The van der Waals surface area contributed by atoms with Crippen LogP contribution in [-0.4, -0.2) is 28.0 Å². The van der Waals surface area contributed by atoms with E-state index in [-0.39, 0.29) is 0 Å². The second-order valence-corrected chi connectivity index (χ2v) is 6.72. The molecule has 4 heteroatoms. The van der Waals surface area contributed by atoms with Crippen molar-refractivity contribution in [3.8, 4) is 11.1 Å². The van der Waals surface area contributed by atoms with Crippen molar-refractivity contribution in [2.45, 2.75) is 25.8 Å². The Morgan fingerprint density at radius 2 is 1.86 bits per heavy atom. The first-order chi connectivity index (χ1) is 10.9. The SMILES string of the molecule is c1ccc(-c2csc3nc(CN4CCCCC4)ncc23)cc1. The summed E-state index contributed by atoms with van der Waals surface area (Å²) >= 11 is 1.72. The van der Waals surface area contributed by atoms with Crippen molar-refractivity contribution in [1.82, 2.24) is 14.9 Å². The molecule has 1 fully saturated rings. The number of hydrogen-bond acceptors (Lipinski definition) is 4. The van der Waals surface area contributed by atoms with Gasteiger partial charge in [-0.05, 0) is 31.5 Å². The van der Waals surface area contributed by atoms with Gasteiger partial charge in [0, 0.05) is 22.5 Å². The highest BCUT2D eigenvalue weighted by atomic mass is 32.1. The van der Waals surface area contributed by atoms with Gasteiger partial charge in [0.25, 0.3) is 0 Å². The number of thiophene rings is 1. The molecule has 0 N–H and O–H groups in total. The minimum Gasteiger partial charge on any atom is -0.296 e. The number of rotatable bonds is 3. The molecule has 3 nitrogen and oxygen atoms in total. The minimum absolute atomic E-state index is 0.883. The molecule has 3 heterocycles. The van der Waals surface area contributed by atoms with Crippen molar-refractivity contribution < 1.29 is 0 Å². The largest absolute Gasteiger partial charge is 0.296 e. The topological polar surface area (TPSA) is 29.0 Å². The van der Waals surface area contributed by atoms with Gasteiger partial charge in [0.15, 0.2) is 0 Å². The Bertz CT molecular complexity index is 760. The van der Waals surface area contributed by atoms with Gasteiger partial charge in [-0.1, -0.05) is 36.8 Å². The molecule has 22 heavy (non-hydrogen) atoms. The molecule has 1 aliphatic rings. The number of aromatic nitrogens is 2. The standard InChI is InChI=1S/C18H19N3S/c1-3-7-14(8-4-1)16-13-22-18-15(16)11-19-17(20-18)12-21-9-5-2-6-10-21/h1,3-4,7-8,11,13H,2,5-6,9-10,12H2. The lowest BCUT2D eigenvalue weighted by Gasteiger charge is -2.25. The van der Waals surface area contributed by atoms with Crippen molar-refractivity contribution in [2.24, 2.45) is 0 Å². The Labute approximate surface area is 134 Å². The summed E-state index contributed by atoms with van der Waals surface area (Å²) in [4.78, 5) is 13.0. The van der Waals surface area contributed by atoms with Gasteiger partial charge in [-0.2, -0.15) is 0 Å². The summed E-state index contributed by atoms with van der Waals surface area (Å²) < 4.78 is 0. The summed E-state index contributed by atoms with van der Waals surface area (Å²) in [6.07, 6.45) is 5.97. The first-order valence-corrected chi connectivity index (χ1v) is 8.79. The number of likely N-dealkylation sites (tertiary alicyclic amines) is 1. The van der Waals surface area contributed by atoms with Crippen LogP contribution >= 0.6 is 11.3 Å². The third-order valence-electron chi connectivity index (χ3n) is 4.28. The summed E-state index contributed by atoms with van der Waals surface area (Å²) in [6, 6.07) is 10.5. The molecule has 0 amide bonds. The van der Waals surface area contributed by atoms with E-state index in [4.69, 9.17) is 4.98 Å². The zero-order valence-electron chi connectivity index (χ0n) is 12.5. The van der Waals surface area contributed by atoms with Gasteiger partial charge in [-0.25, -0.2) is 9.97 Å². The first-order valence-electron chi connectivity index (χ1n) is 7.91. The monoisotopic (exact) mass is 309 g/mol. The number of benzene rings is 1. The van der Waals surface area contributed by atoms with E-state index in [1.54, 1.807) is 11.3 Å². The molecule has 0 atom stereocenters. The molecule has 0 unspecified atom stereocenters. The molecular formula is C18H19N3S. The summed E-state index contributed by atoms with van der Waals surface area (Å²) in [6.45, 7) is 3.25. The fraction of sp³-hybridized carbons (Fsp3) is 0.333. The zero-order chi connectivity index (χ0) is 14.8. The molecule has 112 valence electrons. The van der Waals surface area contributed by atoms with Crippen LogP contribution in [0.25, 0.3) is 21.3 Å². The fourth-order valence-electron chi connectivity index (χ4n) is 3.09. The molecule has 2 aromatic heterocycles. The van der Waals surface area contributed by atoms with Crippen LogP contribution < -0.4 is 0 Å². The van der Waals surface area contributed by atoms with Crippen LogP contribution in [0.5, 0.6) is 0 Å². The van der Waals surface area contributed by atoms with Gasteiger partial charge in [-0.15, -0.1) is 11.3 Å². The lowest BCUT2D eigenvalue weighted by atomic mass is 10.1. The first kappa shape index (κ1) is 13.9. The Morgan fingerprint density at radius 3 is 2.68 bits per heavy atom. The molecule has 1 aromatic carbocycles. The second kappa shape index (κ2) is 6.15. The van der Waals surface area contributed by atoms with Gasteiger partial charge in [-0.3, -0.25) is 4.90 Å². The van der Waals surface area contributed by atoms with Crippen molar-refractivity contribution in [3.05, 3.63) is 47.7 Å². The maximum Gasteiger partial charge on any atom is 0.143 e. The molecule has 1 aliphatic heterocycles. The third kappa shape index (κ3) is 2.76. The normalized spacial score (nSPS) is 16.2. The predicted octanol–water partition coefficient (Wildman–Crippen LogP) is 4.34. The Morgan fingerprint density at radius 1 is 1.05 bits per heavy atom. The van der Waals surface area contributed by atoms with Gasteiger partial charge in [0.1, 0.15) is 10.7 Å². The Hall–Kier alpha value is -1.78. The molecule has 0 aliphatic carbocycles. The lowest BCUT2D eigenvalue weighted by molar-refractivity contribution is 0.216. The van der Waals surface area contributed by atoms with Crippen LogP contribution in [0.1, 0.15) is 25.1 Å². The van der Waals surface area contributed by atoms with Gasteiger partial charge >= 0.3 is 0 Å². The van der Waals surface area contributed by atoms with Crippen molar-refractivity contribution >= 4 is 21.6 Å². The lowest BCUT2D eigenvalue weighted by Crippen LogP contribution is -2.29. The smallest absolute Gasteiger partial charge is 0.143 e. The van der Waals surface area contributed by atoms with Gasteiger partial charge in [0.05, 0.1) is 6.54 Å². The molecule has 1 saturated heterocycles. The Kier molecular flexibility index (Phi) is 3.87. The van der Waals surface area contributed by atoms with Crippen LogP contribution in [0.4, 0.5) is 0 Å². The van der Waals surface area contributed by atoms with E-state index in [1.165, 1.54) is 48.9 Å². The summed E-state index contributed by atoms with van der Waals surface area (Å²) in [7, 11) is 0. The number of piperidine rings is 1. The summed E-state index contributed by atoms with van der Waals surface area (Å²) in [5.41, 5.74) is 2.48. The van der Waals surface area contributed by atoms with E-state index in [9.17, 15) is 0 Å². The molecule has 4 rings (SSSR count). The maximum atomic E-state index is 4.78. The van der Waals surface area contributed by atoms with E-state index in [1.807, 2.05) is 12.3 Å². The average molecular weight is 309 g/mol. The number of hydrogen-bond donors (Lipinski definition) is 0. The van der Waals surface area contributed by atoms with Crippen LogP contribution in [0.15, 0.2) is 41.9 Å². The quantitative estimate of drug-likeness (QED) is 0.720. The van der Waals surface area contributed by atoms with Crippen molar-refractivity contribution in [3.63, 3.8) is 0 Å².